The van der Waals surface area contributed by atoms with Gasteiger partial charge in [-0.05, 0) is 30.5 Å². The molecule has 0 saturated carbocycles. The molecule has 2 aliphatic heterocycles. The van der Waals surface area contributed by atoms with Crippen molar-refractivity contribution in [2.24, 2.45) is 4.40 Å². The van der Waals surface area contributed by atoms with E-state index in [4.69, 9.17) is 4.74 Å². The summed E-state index contributed by atoms with van der Waals surface area (Å²) in [7, 11) is -3.43. The number of fused-ring (bicyclic) bond motifs is 1. The highest BCUT2D eigenvalue weighted by Crippen LogP contribution is 2.33. The first kappa shape index (κ1) is 18.8. The normalized spacial score (nSPS) is 21.0. The summed E-state index contributed by atoms with van der Waals surface area (Å²) in [6, 6.07) is 8.31. The van der Waals surface area contributed by atoms with Crippen LogP contribution in [0.15, 0.2) is 40.8 Å². The highest BCUT2D eigenvalue weighted by molar-refractivity contribution is 7.90. The zero-order valence-corrected chi connectivity index (χ0v) is 15.6. The lowest BCUT2D eigenvalue weighted by Crippen LogP contribution is -2.46. The van der Waals surface area contributed by atoms with Crippen LogP contribution in [0.3, 0.4) is 0 Å². The molecule has 0 unspecified atom stereocenters. The van der Waals surface area contributed by atoms with Gasteiger partial charge in [0.1, 0.15) is 17.3 Å². The molecule has 5 nitrogen and oxygen atoms in total. The molecule has 2 aromatic carbocycles. The van der Waals surface area contributed by atoms with Crippen molar-refractivity contribution in [2.45, 2.75) is 18.8 Å². The van der Waals surface area contributed by atoms with Gasteiger partial charge in [-0.2, -0.15) is 0 Å². The summed E-state index contributed by atoms with van der Waals surface area (Å²) in [4.78, 5) is 2.00. The number of benzene rings is 2. The fraction of sp³-hybridized carbons (Fsp3) is 0.316. The number of hydrogen-bond donors (Lipinski definition) is 0. The monoisotopic (exact) mass is 410 g/mol. The van der Waals surface area contributed by atoms with E-state index in [9.17, 15) is 21.6 Å². The lowest BCUT2D eigenvalue weighted by molar-refractivity contribution is 0.366. The van der Waals surface area contributed by atoms with Gasteiger partial charge >= 0.3 is 0 Å². The maximum absolute atomic E-state index is 13.3. The van der Waals surface area contributed by atoms with E-state index in [1.165, 1.54) is 0 Å². The van der Waals surface area contributed by atoms with Gasteiger partial charge in [-0.25, -0.2) is 21.6 Å². The summed E-state index contributed by atoms with van der Waals surface area (Å²) >= 11 is 0. The van der Waals surface area contributed by atoms with E-state index < -0.39 is 27.5 Å². The minimum atomic E-state index is -3.43. The standard InChI is InChI=1S/C19H17F3N2O3S/c20-16-10-14(11-17(21)18(16)22)27-13-5-3-12(4-6-13)15-2-1-7-24-8-9-28(25,26)23-19(15)24/h3-6,10-11,15H,1-2,7-9H2/t15-/m0/s1. The molecule has 1 atom stereocenters. The Balaban J connectivity index is 1.57. The zero-order chi connectivity index (χ0) is 19.9. The van der Waals surface area contributed by atoms with Gasteiger partial charge in [-0.1, -0.05) is 12.1 Å². The first-order chi connectivity index (χ1) is 13.3. The fourth-order valence-corrected chi connectivity index (χ4v) is 4.59. The van der Waals surface area contributed by atoms with Crippen LogP contribution in [0, 0.1) is 17.5 Å². The van der Waals surface area contributed by atoms with Crippen molar-refractivity contribution in [3.63, 3.8) is 0 Å². The van der Waals surface area contributed by atoms with Crippen LogP contribution in [0.1, 0.15) is 24.3 Å². The van der Waals surface area contributed by atoms with Gasteiger partial charge in [-0.3, -0.25) is 0 Å². The minimum Gasteiger partial charge on any atom is -0.457 e. The molecule has 0 N–H and O–H groups in total. The summed E-state index contributed by atoms with van der Waals surface area (Å²) in [6.07, 6.45) is 1.70. The van der Waals surface area contributed by atoms with E-state index in [0.29, 0.717) is 18.1 Å². The van der Waals surface area contributed by atoms with Crippen molar-refractivity contribution in [3.8, 4) is 11.5 Å². The fourth-order valence-electron chi connectivity index (χ4n) is 3.52. The molecule has 1 saturated heterocycles. The molecule has 0 aliphatic carbocycles. The first-order valence-electron chi connectivity index (χ1n) is 8.82. The Labute approximate surface area is 160 Å². The molecule has 0 amide bonds. The number of piperidine rings is 1. The van der Waals surface area contributed by atoms with E-state index in [2.05, 4.69) is 4.40 Å². The van der Waals surface area contributed by atoms with Crippen molar-refractivity contribution < 1.29 is 26.3 Å². The Morgan fingerprint density at radius 1 is 1.00 bits per heavy atom. The topological polar surface area (TPSA) is 59.0 Å². The third-order valence-corrected chi connectivity index (χ3v) is 6.05. The second-order valence-electron chi connectivity index (χ2n) is 6.79. The summed E-state index contributed by atoms with van der Waals surface area (Å²) in [6.45, 7) is 1.23. The number of nitrogens with zero attached hydrogens (tertiary/aromatic N) is 2. The molecule has 148 valence electrons. The van der Waals surface area contributed by atoms with Crippen molar-refractivity contribution in [2.75, 3.05) is 18.8 Å². The second-order valence-corrected chi connectivity index (χ2v) is 8.54. The molecule has 28 heavy (non-hydrogen) atoms. The predicted molar refractivity (Wildman–Crippen MR) is 97.6 cm³/mol. The average Bonchev–Trinajstić information content (AvgIpc) is 2.65. The van der Waals surface area contributed by atoms with Gasteiger partial charge in [0.15, 0.2) is 17.5 Å². The van der Waals surface area contributed by atoms with Gasteiger partial charge in [0.2, 0.25) is 0 Å². The van der Waals surface area contributed by atoms with Crippen molar-refractivity contribution in [1.29, 1.82) is 0 Å². The van der Waals surface area contributed by atoms with Crippen LogP contribution in [-0.2, 0) is 10.0 Å². The largest absolute Gasteiger partial charge is 0.457 e. The highest BCUT2D eigenvalue weighted by atomic mass is 32.2. The van der Waals surface area contributed by atoms with Crippen molar-refractivity contribution in [1.82, 2.24) is 4.90 Å². The third kappa shape index (κ3) is 3.71. The summed E-state index contributed by atoms with van der Waals surface area (Å²) in [5.41, 5.74) is 0.879. The quantitative estimate of drug-likeness (QED) is 0.722. The van der Waals surface area contributed by atoms with Crippen LogP contribution in [0.25, 0.3) is 0 Å². The van der Waals surface area contributed by atoms with E-state index in [0.717, 1.165) is 37.1 Å². The number of ether oxygens (including phenoxy) is 1. The molecule has 2 aromatic rings. The lowest BCUT2D eigenvalue weighted by atomic mass is 9.89. The Bertz CT molecular complexity index is 1020. The molecule has 2 aliphatic rings. The number of sulfonamides is 1. The second kappa shape index (κ2) is 7.12. The van der Waals surface area contributed by atoms with Gasteiger partial charge in [-0.15, -0.1) is 4.40 Å². The molecule has 2 heterocycles. The molecule has 1 fully saturated rings. The number of amidine groups is 1. The lowest BCUT2D eigenvalue weighted by Gasteiger charge is -2.37. The van der Waals surface area contributed by atoms with Crippen LogP contribution >= 0.6 is 0 Å². The van der Waals surface area contributed by atoms with E-state index >= 15 is 0 Å². The maximum Gasteiger partial charge on any atom is 0.256 e. The first-order valence-corrected chi connectivity index (χ1v) is 10.4. The molecule has 0 radical (unpaired) electrons. The zero-order valence-electron chi connectivity index (χ0n) is 14.7. The van der Waals surface area contributed by atoms with Crippen LogP contribution < -0.4 is 4.74 Å². The van der Waals surface area contributed by atoms with Crippen molar-refractivity contribution >= 4 is 15.9 Å². The highest BCUT2D eigenvalue weighted by Gasteiger charge is 2.33. The average molecular weight is 410 g/mol. The third-order valence-electron chi connectivity index (χ3n) is 4.88. The van der Waals surface area contributed by atoms with Gasteiger partial charge in [0.25, 0.3) is 10.0 Å². The van der Waals surface area contributed by atoms with Crippen molar-refractivity contribution in [3.05, 3.63) is 59.4 Å². The van der Waals surface area contributed by atoms with Gasteiger partial charge in [0.05, 0.1) is 5.75 Å². The Morgan fingerprint density at radius 2 is 1.68 bits per heavy atom. The molecule has 0 aromatic heterocycles. The smallest absolute Gasteiger partial charge is 0.256 e. The van der Waals surface area contributed by atoms with Crippen LogP contribution in [0.2, 0.25) is 0 Å². The van der Waals surface area contributed by atoms with E-state index in [1.807, 2.05) is 4.90 Å². The molecular weight excluding hydrogens is 393 g/mol. The molecular formula is C19H17F3N2O3S. The molecule has 4 rings (SSSR count). The summed E-state index contributed by atoms with van der Waals surface area (Å²) < 4.78 is 72.8. The van der Waals surface area contributed by atoms with Crippen LogP contribution in [0.5, 0.6) is 11.5 Å². The SMILES string of the molecule is O=S1(=O)CCN2CCC[C@@H](c3ccc(Oc4cc(F)c(F)c(F)c4)cc3)C2=N1. The maximum atomic E-state index is 13.3. The molecule has 9 heteroatoms. The van der Waals surface area contributed by atoms with Gasteiger partial charge < -0.3 is 9.64 Å². The Morgan fingerprint density at radius 3 is 2.36 bits per heavy atom. The molecule has 0 spiro atoms. The van der Waals surface area contributed by atoms with Gasteiger partial charge in [0, 0.05) is 31.1 Å². The Kier molecular flexibility index (Phi) is 4.78. The molecule has 0 bridgehead atoms. The predicted octanol–water partition coefficient (Wildman–Crippen LogP) is 3.82. The van der Waals surface area contributed by atoms with E-state index in [-0.39, 0.29) is 17.4 Å². The number of hydrogen-bond acceptors (Lipinski definition) is 4. The number of halogens is 3. The van der Waals surface area contributed by atoms with E-state index in [1.54, 1.807) is 24.3 Å². The van der Waals surface area contributed by atoms with Crippen LogP contribution in [0.4, 0.5) is 13.2 Å². The number of rotatable bonds is 3. The summed E-state index contributed by atoms with van der Waals surface area (Å²) in [5, 5.41) is 0. The summed E-state index contributed by atoms with van der Waals surface area (Å²) in [5.74, 6) is -3.59. The Hall–Kier alpha value is -2.55. The minimum absolute atomic E-state index is 0.0286. The van der Waals surface area contributed by atoms with Crippen LogP contribution in [-0.4, -0.2) is 38.0 Å².